The highest BCUT2D eigenvalue weighted by atomic mass is 16.6. The van der Waals surface area contributed by atoms with E-state index in [4.69, 9.17) is 30.7 Å². The molecule has 0 bridgehead atoms. The number of anilines is 2. The summed E-state index contributed by atoms with van der Waals surface area (Å²) in [5.74, 6) is 0.361. The Morgan fingerprint density at radius 3 is 2.25 bits per heavy atom. The van der Waals surface area contributed by atoms with Crippen molar-refractivity contribution in [2.45, 2.75) is 91.7 Å². The molecule has 0 saturated carbocycles. The summed E-state index contributed by atoms with van der Waals surface area (Å²) < 4.78 is 19.2. The number of amides is 3. The molecular formula is C43H63N9O7. The van der Waals surface area contributed by atoms with Crippen LogP contribution in [0.3, 0.4) is 0 Å². The molecule has 0 spiro atoms. The Morgan fingerprint density at radius 2 is 1.61 bits per heavy atom. The Balaban J connectivity index is 1.28. The van der Waals surface area contributed by atoms with Gasteiger partial charge in [0.25, 0.3) is 0 Å². The number of imidazole rings is 1. The van der Waals surface area contributed by atoms with Crippen molar-refractivity contribution < 1.29 is 33.4 Å². The fourth-order valence-electron chi connectivity index (χ4n) is 6.87. The van der Waals surface area contributed by atoms with Gasteiger partial charge in [0.1, 0.15) is 30.2 Å². The lowest BCUT2D eigenvalue weighted by atomic mass is 9.89. The average molecular weight is 818 g/mol. The van der Waals surface area contributed by atoms with Gasteiger partial charge in [-0.2, -0.15) is 0 Å². The fraction of sp³-hybridized carbons (Fsp3) is 0.535. The number of ketones is 1. The van der Waals surface area contributed by atoms with Gasteiger partial charge >= 0.3 is 12.2 Å². The molecule has 2 atom stereocenters. The summed E-state index contributed by atoms with van der Waals surface area (Å²) >= 11 is 0. The van der Waals surface area contributed by atoms with Gasteiger partial charge in [-0.25, -0.2) is 19.6 Å². The van der Waals surface area contributed by atoms with Gasteiger partial charge in [-0.3, -0.25) is 9.59 Å². The van der Waals surface area contributed by atoms with E-state index in [0.717, 1.165) is 34.8 Å². The van der Waals surface area contributed by atoms with Gasteiger partial charge in [0, 0.05) is 57.2 Å². The Hall–Kier alpha value is -5.32. The fourth-order valence-corrected chi connectivity index (χ4v) is 6.87. The number of nitrogens with one attached hydrogen (secondary N) is 2. The number of carbonyl (C=O) groups is 4. The van der Waals surface area contributed by atoms with Gasteiger partial charge in [-0.15, -0.1) is 0 Å². The first-order chi connectivity index (χ1) is 28.1. The molecule has 322 valence electrons. The van der Waals surface area contributed by atoms with E-state index in [-0.39, 0.29) is 62.9 Å². The number of rotatable bonds is 22. The van der Waals surface area contributed by atoms with Gasteiger partial charge in [0.05, 0.1) is 23.6 Å². The second-order valence-corrected chi connectivity index (χ2v) is 15.8. The minimum Gasteiger partial charge on any atom is -0.445 e. The van der Waals surface area contributed by atoms with Crippen molar-refractivity contribution in [1.82, 2.24) is 29.7 Å². The third kappa shape index (κ3) is 12.8. The van der Waals surface area contributed by atoms with Crippen LogP contribution in [-0.4, -0.2) is 107 Å². The van der Waals surface area contributed by atoms with E-state index >= 15 is 0 Å². The van der Waals surface area contributed by atoms with Gasteiger partial charge in [-0.05, 0) is 76.9 Å². The van der Waals surface area contributed by atoms with Crippen LogP contribution in [0.15, 0.2) is 48.5 Å². The van der Waals surface area contributed by atoms with Gasteiger partial charge in [0.2, 0.25) is 5.91 Å². The number of pyridine rings is 1. The van der Waals surface area contributed by atoms with E-state index in [1.54, 1.807) is 45.4 Å². The molecule has 6 N–H and O–H groups in total. The summed E-state index contributed by atoms with van der Waals surface area (Å²) in [6.45, 7) is 11.4. The predicted molar refractivity (Wildman–Crippen MR) is 230 cm³/mol. The molecule has 0 aliphatic heterocycles. The normalized spacial score (nSPS) is 12.7. The van der Waals surface area contributed by atoms with Crippen molar-refractivity contribution in [2.24, 2.45) is 17.6 Å². The van der Waals surface area contributed by atoms with E-state index in [1.807, 2.05) is 63.5 Å². The Morgan fingerprint density at radius 1 is 0.932 bits per heavy atom. The third-order valence-electron chi connectivity index (χ3n) is 10.2. The molecule has 4 aromatic rings. The van der Waals surface area contributed by atoms with E-state index in [0.29, 0.717) is 42.4 Å². The molecule has 0 fully saturated rings. The number of para-hydroxylation sites is 1. The number of aromatic nitrogens is 3. The van der Waals surface area contributed by atoms with Crippen molar-refractivity contribution in [1.29, 1.82) is 0 Å². The zero-order valence-electron chi connectivity index (χ0n) is 35.9. The van der Waals surface area contributed by atoms with Crippen molar-refractivity contribution in [3.8, 4) is 0 Å². The summed E-state index contributed by atoms with van der Waals surface area (Å²) in [5.41, 5.74) is 14.4. The van der Waals surface area contributed by atoms with Crippen LogP contribution in [0, 0.1) is 11.8 Å². The molecule has 0 aliphatic carbocycles. The summed E-state index contributed by atoms with van der Waals surface area (Å²) in [7, 11) is 4.95. The standard InChI is InChI=1S/C43H63N9O7/c1-9-57-26-35-49-37-38(32-15-10-11-16-33(32)48-39(37)45)52(35)27-43(4,5)59-42(56)51(8)23-22-50(7)41(55)58-25-29-17-19-31(20-18-29)47-40(54)30(14-12-13-21-44)24-34(53)36(46-6)28(2)3/h10-11,15-20,28,30,36,46H,9,12-14,21-27,44H2,1-8H3,(H2,45,48)(H,47,54)/t30-,36+/m1/s1. The Labute approximate surface area is 347 Å². The minimum atomic E-state index is -0.975. The molecule has 2 aromatic carbocycles. The summed E-state index contributed by atoms with van der Waals surface area (Å²) in [5, 5.41) is 6.88. The first-order valence-corrected chi connectivity index (χ1v) is 20.3. The molecule has 0 aliphatic rings. The van der Waals surface area contributed by atoms with E-state index in [1.165, 1.54) is 9.80 Å². The van der Waals surface area contributed by atoms with Crippen LogP contribution in [0.4, 0.5) is 21.1 Å². The van der Waals surface area contributed by atoms with Crippen LogP contribution in [-0.2, 0) is 43.6 Å². The van der Waals surface area contributed by atoms with Crippen molar-refractivity contribution in [3.63, 3.8) is 0 Å². The van der Waals surface area contributed by atoms with Crippen LogP contribution in [0.1, 0.15) is 71.7 Å². The second-order valence-electron chi connectivity index (χ2n) is 15.8. The summed E-state index contributed by atoms with van der Waals surface area (Å²) in [6.07, 6.45) is 1.11. The first-order valence-electron chi connectivity index (χ1n) is 20.3. The van der Waals surface area contributed by atoms with E-state index < -0.39 is 23.7 Å². The largest absolute Gasteiger partial charge is 0.445 e. The number of hydrogen-bond acceptors (Lipinski definition) is 12. The van der Waals surface area contributed by atoms with Crippen LogP contribution in [0.2, 0.25) is 0 Å². The lowest BCUT2D eigenvalue weighted by Crippen LogP contribution is -2.42. The molecule has 16 nitrogen and oxygen atoms in total. The van der Waals surface area contributed by atoms with Crippen LogP contribution < -0.4 is 22.1 Å². The Kier molecular flexibility index (Phi) is 17.0. The third-order valence-corrected chi connectivity index (χ3v) is 10.2. The van der Waals surface area contributed by atoms with Gasteiger partial charge in [0.15, 0.2) is 11.6 Å². The monoisotopic (exact) mass is 817 g/mol. The molecule has 4 rings (SSSR count). The van der Waals surface area contributed by atoms with Crippen molar-refractivity contribution in [2.75, 3.05) is 58.4 Å². The van der Waals surface area contributed by atoms with Gasteiger partial charge in [-0.1, -0.05) is 50.6 Å². The number of ether oxygens (including phenoxy) is 3. The Bertz CT molecular complexity index is 2030. The molecule has 2 aromatic heterocycles. The summed E-state index contributed by atoms with van der Waals surface area (Å²) in [4.78, 5) is 64.6. The minimum absolute atomic E-state index is 0.00546. The molecule has 2 heterocycles. The maximum Gasteiger partial charge on any atom is 0.410 e. The number of hydrogen-bond donors (Lipinski definition) is 4. The molecule has 0 radical (unpaired) electrons. The maximum absolute atomic E-state index is 13.3. The van der Waals surface area contributed by atoms with Crippen LogP contribution in [0.5, 0.6) is 0 Å². The number of Topliss-reactive ketones (excluding diaryl/α,β-unsaturated/α-hetero) is 1. The number of likely N-dealkylation sites (N-methyl/N-ethyl adjacent to an activating group) is 3. The highest BCUT2D eigenvalue weighted by Crippen LogP contribution is 2.31. The average Bonchev–Trinajstić information content (AvgIpc) is 3.55. The van der Waals surface area contributed by atoms with E-state index in [2.05, 4.69) is 15.6 Å². The van der Waals surface area contributed by atoms with Crippen LogP contribution >= 0.6 is 0 Å². The number of nitrogens with zero attached hydrogens (tertiary/aromatic N) is 5. The lowest BCUT2D eigenvalue weighted by molar-refractivity contribution is -0.128. The number of nitrogens with two attached hydrogens (primary N) is 2. The number of unbranched alkanes of at least 4 members (excludes halogenated alkanes) is 1. The number of fused-ring (bicyclic) bond motifs is 3. The summed E-state index contributed by atoms with van der Waals surface area (Å²) in [6, 6.07) is 14.4. The maximum atomic E-state index is 13.3. The quantitative estimate of drug-likeness (QED) is 0.0704. The number of benzene rings is 2. The molecule has 16 heteroatoms. The number of nitrogen functional groups attached to an aromatic ring is 1. The molecule has 3 amide bonds. The molecule has 59 heavy (non-hydrogen) atoms. The topological polar surface area (TPSA) is 209 Å². The highest BCUT2D eigenvalue weighted by molar-refractivity contribution is 6.06. The zero-order valence-corrected chi connectivity index (χ0v) is 35.9. The highest BCUT2D eigenvalue weighted by Gasteiger charge is 2.30. The smallest absolute Gasteiger partial charge is 0.410 e. The SMILES string of the molecule is CCOCc1nc2c(N)nc3ccccc3c2n1CC(C)(C)OC(=O)N(C)CCN(C)C(=O)OCc1ccc(NC(=O)[C@H](CCCCN)CC(=O)[C@@H](NC)C(C)C)cc1. The number of carbonyl (C=O) groups excluding carboxylic acids is 4. The molecule has 0 saturated heterocycles. The van der Waals surface area contributed by atoms with E-state index in [9.17, 15) is 19.2 Å². The molecule has 0 unspecified atom stereocenters. The zero-order chi connectivity index (χ0) is 43.3. The second kappa shape index (κ2) is 21.6. The predicted octanol–water partition coefficient (Wildman–Crippen LogP) is 5.71. The first kappa shape index (κ1) is 46.4. The van der Waals surface area contributed by atoms with Crippen molar-refractivity contribution >= 4 is 57.3 Å². The van der Waals surface area contributed by atoms with Gasteiger partial charge < -0.3 is 50.7 Å². The molecular weight excluding hydrogens is 755 g/mol. The van der Waals surface area contributed by atoms with Crippen molar-refractivity contribution in [3.05, 3.63) is 59.9 Å². The van der Waals surface area contributed by atoms with Crippen LogP contribution in [0.25, 0.3) is 21.9 Å². The lowest BCUT2D eigenvalue weighted by Gasteiger charge is -2.30.